The van der Waals surface area contributed by atoms with Gasteiger partial charge in [-0.2, -0.15) is 13.2 Å². The molecule has 1 amide bonds. The van der Waals surface area contributed by atoms with Crippen LogP contribution >= 0.6 is 0 Å². The zero-order valence-corrected chi connectivity index (χ0v) is 19.9. The van der Waals surface area contributed by atoms with Crippen LogP contribution in [0.15, 0.2) is 30.3 Å². The second kappa shape index (κ2) is 11.8. The molecule has 0 aliphatic carbocycles. The van der Waals surface area contributed by atoms with E-state index in [1.54, 1.807) is 5.32 Å². The number of amides is 1. The molecule has 2 rings (SSSR count). The number of hydrogen-bond donors (Lipinski definition) is 1. The van der Waals surface area contributed by atoms with E-state index in [-0.39, 0.29) is 39.8 Å². The summed E-state index contributed by atoms with van der Waals surface area (Å²) in [4.78, 5) is 25.5. The van der Waals surface area contributed by atoms with Crippen LogP contribution in [0.4, 0.5) is 18.9 Å². The van der Waals surface area contributed by atoms with Crippen molar-refractivity contribution in [3.05, 3.63) is 41.5 Å². The number of Topliss-reactive ketones (excluding diaryl/α,β-unsaturated/α-hetero) is 1. The molecule has 2 aromatic carbocycles. The van der Waals surface area contributed by atoms with Crippen LogP contribution in [0.25, 0.3) is 0 Å². The van der Waals surface area contributed by atoms with Gasteiger partial charge in [0.05, 0.1) is 28.4 Å². The summed E-state index contributed by atoms with van der Waals surface area (Å²) >= 11 is 0. The Bertz CT molecular complexity index is 1030. The molecule has 0 radical (unpaired) electrons. The first-order valence-corrected chi connectivity index (χ1v) is 10.0. The molecule has 0 fully saturated rings. The molecule has 1 N–H and O–H groups in total. The largest absolute Gasteiger partial charge is 0.497 e. The van der Waals surface area contributed by atoms with E-state index in [0.717, 1.165) is 6.07 Å². The van der Waals surface area contributed by atoms with Crippen LogP contribution in [0.5, 0.6) is 23.0 Å². The molecule has 0 saturated carbocycles. The van der Waals surface area contributed by atoms with Crippen molar-refractivity contribution in [1.29, 1.82) is 0 Å². The van der Waals surface area contributed by atoms with E-state index in [2.05, 4.69) is 0 Å². The molecule has 0 saturated heterocycles. The van der Waals surface area contributed by atoms with Crippen molar-refractivity contribution in [2.24, 2.45) is 0 Å². The van der Waals surface area contributed by atoms with Gasteiger partial charge in [-0.15, -0.1) is 0 Å². The van der Waals surface area contributed by atoms with Crippen molar-refractivity contribution in [1.82, 2.24) is 0 Å². The van der Waals surface area contributed by atoms with Crippen molar-refractivity contribution in [3.63, 3.8) is 0 Å². The first-order valence-electron chi connectivity index (χ1n) is 10.0. The molecular weight excluding hydrogens is 475 g/mol. The van der Waals surface area contributed by atoms with E-state index in [0.29, 0.717) is 0 Å². The van der Waals surface area contributed by atoms with Crippen molar-refractivity contribution in [2.75, 3.05) is 48.0 Å². The third kappa shape index (κ3) is 6.14. The first kappa shape index (κ1) is 27.7. The lowest BCUT2D eigenvalue weighted by Gasteiger charge is -2.27. The summed E-state index contributed by atoms with van der Waals surface area (Å²) in [6.07, 6.45) is -6.41. The monoisotopic (exact) mass is 501 g/mol. The topological polar surface area (TPSA) is 102 Å². The maximum absolute atomic E-state index is 13.8. The molecule has 9 nitrogen and oxygen atoms in total. The number of carbonyl (C=O) groups excluding carboxylic acids is 2. The number of alkyl halides is 3. The van der Waals surface area contributed by atoms with E-state index in [4.69, 9.17) is 28.4 Å². The Morgan fingerprint density at radius 2 is 1.40 bits per heavy atom. The highest BCUT2D eigenvalue weighted by atomic mass is 19.4. The Balaban J connectivity index is 2.72. The number of anilines is 1. The number of ether oxygens (including phenoxy) is 6. The second-order valence-electron chi connectivity index (χ2n) is 7.00. The van der Waals surface area contributed by atoms with Gasteiger partial charge in [-0.3, -0.25) is 9.59 Å². The SMILES string of the molecule is COc1ccc(C(C(=O)c2cc(OC)c(OC)c(OC)c2)C(OC)OC)c(NC(=O)C(F)(F)F)c1. The minimum Gasteiger partial charge on any atom is -0.497 e. The third-order valence-electron chi connectivity index (χ3n) is 5.07. The average Bonchev–Trinajstić information content (AvgIpc) is 2.85. The van der Waals surface area contributed by atoms with Gasteiger partial charge in [0.25, 0.3) is 0 Å². The Morgan fingerprint density at radius 1 is 0.829 bits per heavy atom. The van der Waals surface area contributed by atoms with E-state index in [1.807, 2.05) is 0 Å². The minimum atomic E-state index is -5.17. The Labute approximate surface area is 200 Å². The number of nitrogens with one attached hydrogen (secondary N) is 1. The Morgan fingerprint density at radius 3 is 1.83 bits per heavy atom. The fourth-order valence-corrected chi connectivity index (χ4v) is 3.42. The van der Waals surface area contributed by atoms with Crippen LogP contribution < -0.4 is 24.3 Å². The summed E-state index contributed by atoms with van der Waals surface area (Å²) in [7, 11) is 7.95. The van der Waals surface area contributed by atoms with Crippen molar-refractivity contribution in [3.8, 4) is 23.0 Å². The number of hydrogen-bond acceptors (Lipinski definition) is 8. The molecular formula is C23H26F3NO8. The van der Waals surface area contributed by atoms with Gasteiger partial charge in [0.1, 0.15) is 11.7 Å². The standard InChI is InChI=1S/C23H26F3NO8/c1-30-13-7-8-14(15(11-13)27-22(29)23(24,25)26)18(21(34-5)35-6)19(28)12-9-16(31-2)20(33-4)17(10-12)32-3/h7-11,18,21H,1-6H3,(H,27,29). The van der Waals surface area contributed by atoms with Gasteiger partial charge in [-0.05, 0) is 23.8 Å². The van der Waals surface area contributed by atoms with E-state index in [9.17, 15) is 22.8 Å². The Kier molecular flexibility index (Phi) is 9.32. The maximum atomic E-state index is 13.8. The summed E-state index contributed by atoms with van der Waals surface area (Å²) in [5, 5.41) is 1.80. The minimum absolute atomic E-state index is 0.00384. The lowest BCUT2D eigenvalue weighted by molar-refractivity contribution is -0.167. The normalized spacial score (nSPS) is 12.2. The number of methoxy groups -OCH3 is 6. The zero-order valence-electron chi connectivity index (χ0n) is 19.9. The average molecular weight is 501 g/mol. The molecule has 35 heavy (non-hydrogen) atoms. The van der Waals surface area contributed by atoms with Gasteiger partial charge in [-0.1, -0.05) is 6.07 Å². The summed E-state index contributed by atoms with van der Waals surface area (Å²) in [5.74, 6) is -3.41. The molecule has 1 unspecified atom stereocenters. The van der Waals surface area contributed by atoms with Crippen LogP contribution in [-0.4, -0.2) is 66.8 Å². The summed E-state index contributed by atoms with van der Waals surface area (Å²) in [6.45, 7) is 0. The third-order valence-corrected chi connectivity index (χ3v) is 5.07. The van der Waals surface area contributed by atoms with Crippen LogP contribution in [0.3, 0.4) is 0 Å². The summed E-state index contributed by atoms with van der Waals surface area (Å²) in [5.41, 5.74) is -0.250. The van der Waals surface area contributed by atoms with E-state index < -0.39 is 30.1 Å². The number of benzene rings is 2. The van der Waals surface area contributed by atoms with Crippen LogP contribution in [0, 0.1) is 0 Å². The lowest BCUT2D eigenvalue weighted by atomic mass is 9.88. The fraction of sp³-hybridized carbons (Fsp3) is 0.391. The molecule has 0 aliphatic heterocycles. The van der Waals surface area contributed by atoms with Gasteiger partial charge >= 0.3 is 12.1 Å². The molecule has 0 bridgehead atoms. The van der Waals surface area contributed by atoms with Gasteiger partial charge in [0.2, 0.25) is 5.75 Å². The second-order valence-corrected chi connectivity index (χ2v) is 7.00. The van der Waals surface area contributed by atoms with Gasteiger partial charge in [0, 0.05) is 31.5 Å². The number of halogens is 3. The lowest BCUT2D eigenvalue weighted by Crippen LogP contribution is -2.33. The molecule has 0 aromatic heterocycles. The van der Waals surface area contributed by atoms with Crippen LogP contribution in [-0.2, 0) is 14.3 Å². The van der Waals surface area contributed by atoms with Gasteiger partial charge in [0.15, 0.2) is 23.6 Å². The summed E-state index contributed by atoms with van der Waals surface area (Å²) < 4.78 is 70.6. The fourth-order valence-electron chi connectivity index (χ4n) is 3.42. The number of rotatable bonds is 11. The smallest absolute Gasteiger partial charge is 0.471 e. The molecule has 0 aliphatic rings. The Hall–Kier alpha value is -3.51. The van der Waals surface area contributed by atoms with Crippen molar-refractivity contribution in [2.45, 2.75) is 18.4 Å². The van der Waals surface area contributed by atoms with E-state index >= 15 is 0 Å². The maximum Gasteiger partial charge on any atom is 0.471 e. The molecule has 2 aromatic rings. The molecule has 0 spiro atoms. The van der Waals surface area contributed by atoms with Crippen molar-refractivity contribution >= 4 is 17.4 Å². The number of ketones is 1. The zero-order chi connectivity index (χ0) is 26.3. The molecule has 0 heterocycles. The highest BCUT2D eigenvalue weighted by Crippen LogP contribution is 2.41. The van der Waals surface area contributed by atoms with Crippen molar-refractivity contribution < 1.29 is 51.2 Å². The highest BCUT2D eigenvalue weighted by Gasteiger charge is 2.40. The first-order chi connectivity index (χ1) is 16.6. The quantitative estimate of drug-likeness (QED) is 0.367. The molecule has 192 valence electrons. The predicted octanol–water partition coefficient (Wildman–Crippen LogP) is 3.81. The van der Waals surface area contributed by atoms with Gasteiger partial charge < -0.3 is 33.7 Å². The van der Waals surface area contributed by atoms with Gasteiger partial charge in [-0.25, -0.2) is 0 Å². The van der Waals surface area contributed by atoms with Crippen LogP contribution in [0.1, 0.15) is 21.8 Å². The number of carbonyl (C=O) groups is 2. The highest BCUT2D eigenvalue weighted by molar-refractivity contribution is 6.04. The summed E-state index contributed by atoms with van der Waals surface area (Å²) in [6, 6.07) is 6.71. The molecule has 1 atom stereocenters. The predicted molar refractivity (Wildman–Crippen MR) is 119 cm³/mol. The molecule has 12 heteroatoms. The van der Waals surface area contributed by atoms with E-state index in [1.165, 1.54) is 66.9 Å². The van der Waals surface area contributed by atoms with Crippen LogP contribution in [0.2, 0.25) is 0 Å².